The highest BCUT2D eigenvalue weighted by Gasteiger charge is 2.20. The highest BCUT2D eigenvalue weighted by Crippen LogP contribution is 2.30. The molecule has 0 bridgehead atoms. The molecule has 1 aliphatic rings. The number of ether oxygens (including phenoxy) is 2. The number of benzene rings is 2. The van der Waals surface area contributed by atoms with E-state index in [4.69, 9.17) is 9.47 Å². The lowest BCUT2D eigenvalue weighted by molar-refractivity contribution is -0.116. The Labute approximate surface area is 129 Å². The van der Waals surface area contributed by atoms with E-state index in [1.165, 1.54) is 6.08 Å². The lowest BCUT2D eigenvalue weighted by Crippen LogP contribution is -2.40. The maximum atomic E-state index is 11.8. The van der Waals surface area contributed by atoms with E-state index < -0.39 is 0 Å². The first-order chi connectivity index (χ1) is 10.8. The van der Waals surface area contributed by atoms with Gasteiger partial charge < -0.3 is 14.8 Å². The van der Waals surface area contributed by atoms with Crippen LogP contribution in [0.2, 0.25) is 0 Å². The van der Waals surface area contributed by atoms with E-state index in [-0.39, 0.29) is 12.0 Å². The molecule has 0 radical (unpaired) electrons. The summed E-state index contributed by atoms with van der Waals surface area (Å²) >= 11 is 0. The minimum atomic E-state index is -0.177. The van der Waals surface area contributed by atoms with Crippen LogP contribution in [-0.2, 0) is 4.79 Å². The number of hydrogen-bond acceptors (Lipinski definition) is 3. The minimum Gasteiger partial charge on any atom is -0.486 e. The highest BCUT2D eigenvalue weighted by molar-refractivity contribution is 5.91. The van der Waals surface area contributed by atoms with Crippen molar-refractivity contribution < 1.29 is 14.3 Å². The minimum absolute atomic E-state index is 0.147. The molecule has 22 heavy (non-hydrogen) atoms. The zero-order valence-corrected chi connectivity index (χ0v) is 12.1. The Kier molecular flexibility index (Phi) is 4.39. The molecule has 3 rings (SSSR count). The van der Waals surface area contributed by atoms with Gasteiger partial charge in [0.25, 0.3) is 0 Å². The standard InChI is InChI=1S/C18H17NO3/c20-18(11-10-14-6-2-1-3-7-14)19-12-15-13-21-16-8-4-5-9-17(16)22-15/h1-11,15H,12-13H2,(H,19,20)/b11-10+/t15-/m1/s1. The number of fused-ring (bicyclic) bond motifs is 1. The molecule has 1 aliphatic heterocycles. The number of hydrogen-bond donors (Lipinski definition) is 1. The van der Waals surface area contributed by atoms with Crippen molar-refractivity contribution >= 4 is 12.0 Å². The molecule has 0 aliphatic carbocycles. The van der Waals surface area contributed by atoms with Crippen LogP contribution in [0.3, 0.4) is 0 Å². The van der Waals surface area contributed by atoms with Crippen LogP contribution < -0.4 is 14.8 Å². The van der Waals surface area contributed by atoms with E-state index >= 15 is 0 Å². The van der Waals surface area contributed by atoms with Gasteiger partial charge in [-0.05, 0) is 23.8 Å². The molecule has 2 aromatic carbocycles. The Morgan fingerprint density at radius 1 is 1.09 bits per heavy atom. The summed E-state index contributed by atoms with van der Waals surface area (Å²) in [4.78, 5) is 11.8. The fourth-order valence-electron chi connectivity index (χ4n) is 2.17. The van der Waals surface area contributed by atoms with Crippen molar-refractivity contribution in [3.05, 3.63) is 66.2 Å². The van der Waals surface area contributed by atoms with Gasteiger partial charge in [0, 0.05) is 6.08 Å². The van der Waals surface area contributed by atoms with E-state index in [1.54, 1.807) is 6.08 Å². The van der Waals surface area contributed by atoms with Gasteiger partial charge in [-0.3, -0.25) is 4.79 Å². The van der Waals surface area contributed by atoms with E-state index in [2.05, 4.69) is 5.32 Å². The van der Waals surface area contributed by atoms with Gasteiger partial charge in [-0.25, -0.2) is 0 Å². The second-order valence-electron chi connectivity index (χ2n) is 4.99. The van der Waals surface area contributed by atoms with Crippen molar-refractivity contribution in [3.63, 3.8) is 0 Å². The molecule has 0 aromatic heterocycles. The van der Waals surface area contributed by atoms with Crippen LogP contribution in [-0.4, -0.2) is 25.2 Å². The number of carbonyl (C=O) groups is 1. The Bertz CT molecular complexity index is 667. The summed E-state index contributed by atoms with van der Waals surface area (Å²) in [6.07, 6.45) is 3.12. The molecule has 0 fully saturated rings. The lowest BCUT2D eigenvalue weighted by Gasteiger charge is -2.26. The molecule has 1 N–H and O–H groups in total. The normalized spacial score (nSPS) is 16.5. The van der Waals surface area contributed by atoms with Crippen LogP contribution in [0.1, 0.15) is 5.56 Å². The summed E-state index contributed by atoms with van der Waals surface area (Å²) in [6, 6.07) is 17.2. The van der Waals surface area contributed by atoms with E-state index in [0.29, 0.717) is 18.9 Å². The largest absolute Gasteiger partial charge is 0.486 e. The number of carbonyl (C=O) groups excluding carboxylic acids is 1. The third-order valence-corrected chi connectivity index (χ3v) is 3.30. The van der Waals surface area contributed by atoms with Gasteiger partial charge in [0.2, 0.25) is 5.91 Å². The summed E-state index contributed by atoms with van der Waals surface area (Å²) in [7, 11) is 0. The van der Waals surface area contributed by atoms with Crippen LogP contribution in [0.25, 0.3) is 6.08 Å². The molecule has 112 valence electrons. The maximum absolute atomic E-state index is 11.8. The van der Waals surface area contributed by atoms with E-state index in [9.17, 15) is 4.79 Å². The summed E-state index contributed by atoms with van der Waals surface area (Å²) < 4.78 is 11.4. The molecule has 0 spiro atoms. The van der Waals surface area contributed by atoms with Gasteiger partial charge in [0.15, 0.2) is 11.5 Å². The number of para-hydroxylation sites is 2. The van der Waals surface area contributed by atoms with E-state index in [0.717, 1.165) is 11.3 Å². The summed E-state index contributed by atoms with van der Waals surface area (Å²) in [5, 5.41) is 2.82. The third-order valence-electron chi connectivity index (χ3n) is 3.30. The van der Waals surface area contributed by atoms with Crippen molar-refractivity contribution in [1.29, 1.82) is 0 Å². The van der Waals surface area contributed by atoms with Crippen LogP contribution in [0.5, 0.6) is 11.5 Å². The predicted octanol–water partition coefficient (Wildman–Crippen LogP) is 2.66. The molecule has 0 saturated heterocycles. The zero-order chi connectivity index (χ0) is 15.2. The lowest BCUT2D eigenvalue weighted by atomic mass is 10.2. The molecule has 1 atom stereocenters. The van der Waals surface area contributed by atoms with Crippen molar-refractivity contribution in [2.75, 3.05) is 13.2 Å². The third kappa shape index (κ3) is 3.67. The predicted molar refractivity (Wildman–Crippen MR) is 84.8 cm³/mol. The summed E-state index contributed by atoms with van der Waals surface area (Å²) in [5.74, 6) is 1.31. The average molecular weight is 295 g/mol. The van der Waals surface area contributed by atoms with Gasteiger partial charge in [-0.15, -0.1) is 0 Å². The van der Waals surface area contributed by atoms with Crippen LogP contribution >= 0.6 is 0 Å². The first-order valence-electron chi connectivity index (χ1n) is 7.21. The van der Waals surface area contributed by atoms with Crippen LogP contribution in [0.4, 0.5) is 0 Å². The van der Waals surface area contributed by atoms with Gasteiger partial charge in [0.05, 0.1) is 6.54 Å². The number of nitrogens with one attached hydrogen (secondary N) is 1. The Morgan fingerprint density at radius 2 is 1.82 bits per heavy atom. The van der Waals surface area contributed by atoms with Gasteiger partial charge in [-0.2, -0.15) is 0 Å². The van der Waals surface area contributed by atoms with Gasteiger partial charge in [0.1, 0.15) is 12.7 Å². The van der Waals surface area contributed by atoms with Crippen molar-refractivity contribution in [2.45, 2.75) is 6.10 Å². The molecule has 4 nitrogen and oxygen atoms in total. The van der Waals surface area contributed by atoms with Gasteiger partial charge in [-0.1, -0.05) is 42.5 Å². The summed E-state index contributed by atoms with van der Waals surface area (Å²) in [6.45, 7) is 0.839. The Hall–Kier alpha value is -2.75. The zero-order valence-electron chi connectivity index (χ0n) is 12.1. The van der Waals surface area contributed by atoms with Crippen molar-refractivity contribution in [3.8, 4) is 11.5 Å². The number of amides is 1. The molecule has 4 heteroatoms. The van der Waals surface area contributed by atoms with Crippen molar-refractivity contribution in [2.24, 2.45) is 0 Å². The van der Waals surface area contributed by atoms with Crippen molar-refractivity contribution in [1.82, 2.24) is 5.32 Å². The molecule has 0 unspecified atom stereocenters. The SMILES string of the molecule is O=C(/C=C/c1ccccc1)NC[C@@H]1COc2ccccc2O1. The second kappa shape index (κ2) is 6.80. The fourth-order valence-corrected chi connectivity index (χ4v) is 2.17. The Balaban J connectivity index is 1.49. The first-order valence-corrected chi connectivity index (χ1v) is 7.21. The Morgan fingerprint density at radius 3 is 2.64 bits per heavy atom. The maximum Gasteiger partial charge on any atom is 0.244 e. The smallest absolute Gasteiger partial charge is 0.244 e. The highest BCUT2D eigenvalue weighted by atomic mass is 16.6. The molecular formula is C18H17NO3. The van der Waals surface area contributed by atoms with Crippen LogP contribution in [0.15, 0.2) is 60.7 Å². The second-order valence-corrected chi connectivity index (χ2v) is 4.99. The first kappa shape index (κ1) is 14.2. The quantitative estimate of drug-likeness (QED) is 0.882. The monoisotopic (exact) mass is 295 g/mol. The molecule has 1 heterocycles. The fraction of sp³-hybridized carbons (Fsp3) is 0.167. The number of rotatable bonds is 4. The van der Waals surface area contributed by atoms with Gasteiger partial charge >= 0.3 is 0 Å². The summed E-state index contributed by atoms with van der Waals surface area (Å²) in [5.41, 5.74) is 0.990. The molecular weight excluding hydrogens is 278 g/mol. The van der Waals surface area contributed by atoms with E-state index in [1.807, 2.05) is 54.6 Å². The van der Waals surface area contributed by atoms with Crippen LogP contribution in [0, 0.1) is 0 Å². The average Bonchev–Trinajstić information content (AvgIpc) is 2.59. The molecule has 2 aromatic rings. The topological polar surface area (TPSA) is 47.6 Å². The molecule has 0 saturated carbocycles. The molecule has 1 amide bonds.